The summed E-state index contributed by atoms with van der Waals surface area (Å²) in [7, 11) is 0. The molecule has 1 N–H and O–H groups in total. The molecule has 0 radical (unpaired) electrons. The van der Waals surface area contributed by atoms with Crippen LogP contribution in [0.3, 0.4) is 0 Å². The molecule has 4 heteroatoms. The first kappa shape index (κ1) is 14.1. The van der Waals surface area contributed by atoms with E-state index in [1.807, 2.05) is 37.3 Å². The van der Waals surface area contributed by atoms with Crippen LogP contribution in [0.25, 0.3) is 0 Å². The van der Waals surface area contributed by atoms with Gasteiger partial charge in [0.05, 0.1) is 11.7 Å². The van der Waals surface area contributed by atoms with Crippen molar-refractivity contribution in [2.24, 2.45) is 0 Å². The average molecular weight is 270 g/mol. The van der Waals surface area contributed by atoms with Gasteiger partial charge in [0, 0.05) is 19.2 Å². The van der Waals surface area contributed by atoms with Gasteiger partial charge in [-0.05, 0) is 24.6 Å². The zero-order valence-corrected chi connectivity index (χ0v) is 11.5. The Labute approximate surface area is 118 Å². The Bertz CT molecular complexity index is 575. The first-order valence-corrected chi connectivity index (χ1v) is 6.65. The van der Waals surface area contributed by atoms with Crippen molar-refractivity contribution in [2.45, 2.75) is 25.9 Å². The molecule has 104 valence electrons. The number of carbonyl (C=O) groups is 2. The van der Waals surface area contributed by atoms with E-state index in [0.717, 1.165) is 11.8 Å². The molecule has 2 rings (SSSR count). The van der Waals surface area contributed by atoms with Gasteiger partial charge in [0.1, 0.15) is 0 Å². The van der Waals surface area contributed by atoms with E-state index < -0.39 is 0 Å². The summed E-state index contributed by atoms with van der Waals surface area (Å²) < 4.78 is 1.78. The fourth-order valence-electron chi connectivity index (χ4n) is 2.10. The predicted octanol–water partition coefficient (Wildman–Crippen LogP) is 2.57. The van der Waals surface area contributed by atoms with Crippen LogP contribution in [0.4, 0.5) is 0 Å². The SMILES string of the molecule is CC(NC(=O)CCn1cccc1C=O)c1ccccc1. The normalized spacial score (nSPS) is 11.8. The average Bonchev–Trinajstić information content (AvgIpc) is 2.93. The van der Waals surface area contributed by atoms with Crippen LogP contribution >= 0.6 is 0 Å². The third-order valence-electron chi connectivity index (χ3n) is 3.24. The molecule has 1 aromatic carbocycles. The van der Waals surface area contributed by atoms with E-state index in [1.54, 1.807) is 22.9 Å². The van der Waals surface area contributed by atoms with Crippen molar-refractivity contribution in [2.75, 3.05) is 0 Å². The molecule has 0 spiro atoms. The van der Waals surface area contributed by atoms with Gasteiger partial charge in [0.25, 0.3) is 0 Å². The highest BCUT2D eigenvalue weighted by Gasteiger charge is 2.09. The van der Waals surface area contributed by atoms with Crippen molar-refractivity contribution in [3.05, 3.63) is 59.9 Å². The minimum atomic E-state index is -0.0214. The highest BCUT2D eigenvalue weighted by atomic mass is 16.1. The van der Waals surface area contributed by atoms with Gasteiger partial charge >= 0.3 is 0 Å². The molecule has 0 bridgehead atoms. The van der Waals surface area contributed by atoms with Crippen LogP contribution in [0.2, 0.25) is 0 Å². The van der Waals surface area contributed by atoms with E-state index in [2.05, 4.69) is 5.32 Å². The Hall–Kier alpha value is -2.36. The smallest absolute Gasteiger partial charge is 0.222 e. The number of aromatic nitrogens is 1. The molecule has 2 aromatic rings. The Balaban J connectivity index is 1.85. The largest absolute Gasteiger partial charge is 0.350 e. The molecule has 0 fully saturated rings. The van der Waals surface area contributed by atoms with Crippen LogP contribution in [-0.4, -0.2) is 16.8 Å². The number of benzene rings is 1. The lowest BCUT2D eigenvalue weighted by Gasteiger charge is -2.14. The number of nitrogens with one attached hydrogen (secondary N) is 1. The third-order valence-corrected chi connectivity index (χ3v) is 3.24. The Kier molecular flexibility index (Phi) is 4.71. The van der Waals surface area contributed by atoms with E-state index in [1.165, 1.54) is 0 Å². The number of aldehydes is 1. The molecule has 1 unspecified atom stereocenters. The van der Waals surface area contributed by atoms with Gasteiger partial charge in [0.2, 0.25) is 5.91 Å². The van der Waals surface area contributed by atoms with Crippen molar-refractivity contribution in [1.29, 1.82) is 0 Å². The first-order valence-electron chi connectivity index (χ1n) is 6.65. The number of nitrogens with zero attached hydrogens (tertiary/aromatic N) is 1. The Morgan fingerprint density at radius 1 is 1.25 bits per heavy atom. The zero-order chi connectivity index (χ0) is 14.4. The van der Waals surface area contributed by atoms with Gasteiger partial charge in [-0.1, -0.05) is 30.3 Å². The van der Waals surface area contributed by atoms with E-state index in [0.29, 0.717) is 18.7 Å². The maximum absolute atomic E-state index is 11.9. The highest BCUT2D eigenvalue weighted by molar-refractivity contribution is 5.76. The van der Waals surface area contributed by atoms with E-state index in [9.17, 15) is 9.59 Å². The maximum Gasteiger partial charge on any atom is 0.222 e. The van der Waals surface area contributed by atoms with Crippen LogP contribution in [0, 0.1) is 0 Å². The maximum atomic E-state index is 11.9. The van der Waals surface area contributed by atoms with Crippen molar-refractivity contribution in [3.8, 4) is 0 Å². The molecule has 1 aromatic heterocycles. The summed E-state index contributed by atoms with van der Waals surface area (Å²) in [6.45, 7) is 2.47. The number of rotatable bonds is 6. The summed E-state index contributed by atoms with van der Waals surface area (Å²) in [5, 5.41) is 2.96. The zero-order valence-electron chi connectivity index (χ0n) is 11.5. The molecule has 1 atom stereocenters. The second-order valence-electron chi connectivity index (χ2n) is 4.69. The second kappa shape index (κ2) is 6.70. The van der Waals surface area contributed by atoms with Gasteiger partial charge in [-0.3, -0.25) is 9.59 Å². The summed E-state index contributed by atoms with van der Waals surface area (Å²) in [6, 6.07) is 13.3. The molecular weight excluding hydrogens is 252 g/mol. The second-order valence-corrected chi connectivity index (χ2v) is 4.69. The summed E-state index contributed by atoms with van der Waals surface area (Å²) in [5.41, 5.74) is 1.67. The molecule has 0 aliphatic carbocycles. The lowest BCUT2D eigenvalue weighted by Crippen LogP contribution is -2.27. The number of hydrogen-bond acceptors (Lipinski definition) is 2. The Morgan fingerprint density at radius 3 is 2.70 bits per heavy atom. The number of aryl methyl sites for hydroxylation is 1. The molecule has 0 saturated carbocycles. The van der Waals surface area contributed by atoms with Crippen molar-refractivity contribution < 1.29 is 9.59 Å². The monoisotopic (exact) mass is 270 g/mol. The van der Waals surface area contributed by atoms with Crippen LogP contribution in [0.1, 0.15) is 35.4 Å². The predicted molar refractivity (Wildman–Crippen MR) is 77.4 cm³/mol. The summed E-state index contributed by atoms with van der Waals surface area (Å²) in [5.74, 6) is -0.0214. The van der Waals surface area contributed by atoms with Gasteiger partial charge in [0.15, 0.2) is 6.29 Å². The first-order chi connectivity index (χ1) is 9.70. The number of carbonyl (C=O) groups excluding carboxylic acids is 2. The van der Waals surface area contributed by atoms with Crippen LogP contribution in [-0.2, 0) is 11.3 Å². The fraction of sp³-hybridized carbons (Fsp3) is 0.250. The molecular formula is C16H18N2O2. The van der Waals surface area contributed by atoms with Crippen molar-refractivity contribution >= 4 is 12.2 Å². The minimum absolute atomic E-state index is 0.0149. The topological polar surface area (TPSA) is 51.1 Å². The van der Waals surface area contributed by atoms with E-state index in [4.69, 9.17) is 0 Å². The molecule has 4 nitrogen and oxygen atoms in total. The van der Waals surface area contributed by atoms with E-state index in [-0.39, 0.29) is 11.9 Å². The molecule has 0 aliphatic rings. The minimum Gasteiger partial charge on any atom is -0.350 e. The quantitative estimate of drug-likeness (QED) is 0.820. The lowest BCUT2D eigenvalue weighted by atomic mass is 10.1. The standard InChI is InChI=1S/C16H18N2O2/c1-13(14-6-3-2-4-7-14)17-16(20)9-11-18-10-5-8-15(18)12-19/h2-8,10,12-13H,9,11H2,1H3,(H,17,20). The Morgan fingerprint density at radius 2 is 2.00 bits per heavy atom. The number of hydrogen-bond donors (Lipinski definition) is 1. The van der Waals surface area contributed by atoms with Crippen LogP contribution in [0.5, 0.6) is 0 Å². The van der Waals surface area contributed by atoms with Gasteiger partial charge in [-0.2, -0.15) is 0 Å². The van der Waals surface area contributed by atoms with Crippen LogP contribution in [0.15, 0.2) is 48.7 Å². The van der Waals surface area contributed by atoms with Gasteiger partial charge in [-0.25, -0.2) is 0 Å². The fourth-order valence-corrected chi connectivity index (χ4v) is 2.10. The summed E-state index contributed by atoms with van der Waals surface area (Å²) >= 11 is 0. The van der Waals surface area contributed by atoms with Crippen molar-refractivity contribution in [3.63, 3.8) is 0 Å². The van der Waals surface area contributed by atoms with Crippen LogP contribution < -0.4 is 5.32 Å². The lowest BCUT2D eigenvalue weighted by molar-refractivity contribution is -0.121. The summed E-state index contributed by atoms with van der Waals surface area (Å²) in [4.78, 5) is 22.7. The van der Waals surface area contributed by atoms with Gasteiger partial charge in [-0.15, -0.1) is 0 Å². The van der Waals surface area contributed by atoms with Gasteiger partial charge < -0.3 is 9.88 Å². The summed E-state index contributed by atoms with van der Waals surface area (Å²) in [6.07, 6.45) is 2.95. The molecule has 0 saturated heterocycles. The third kappa shape index (κ3) is 3.57. The van der Waals surface area contributed by atoms with Crippen molar-refractivity contribution in [1.82, 2.24) is 9.88 Å². The molecule has 20 heavy (non-hydrogen) atoms. The van der Waals surface area contributed by atoms with E-state index >= 15 is 0 Å². The highest BCUT2D eigenvalue weighted by Crippen LogP contribution is 2.11. The molecule has 0 aliphatic heterocycles. The number of amides is 1. The molecule has 1 heterocycles. The molecule has 1 amide bonds.